The molecule has 2 aromatic carbocycles. The van der Waals surface area contributed by atoms with Crippen molar-refractivity contribution in [2.24, 2.45) is 0 Å². The van der Waals surface area contributed by atoms with E-state index in [-0.39, 0.29) is 11.7 Å². The molecular weight excluding hydrogens is 326 g/mol. The average Bonchev–Trinajstić information content (AvgIpc) is 2.94. The Morgan fingerprint density at radius 2 is 1.92 bits per heavy atom. The SMILES string of the molecule is N#Cc1ccc(C(=O)Nc2cccc(N3CCCS3(=O)=O)c2)cc1. The molecule has 0 atom stereocenters. The molecule has 0 bridgehead atoms. The molecule has 0 radical (unpaired) electrons. The molecule has 1 saturated heterocycles. The van der Waals surface area contributed by atoms with E-state index in [1.165, 1.54) is 4.31 Å². The van der Waals surface area contributed by atoms with E-state index in [0.717, 1.165) is 0 Å². The van der Waals surface area contributed by atoms with E-state index < -0.39 is 10.0 Å². The van der Waals surface area contributed by atoms with Crippen LogP contribution < -0.4 is 9.62 Å². The number of carbonyl (C=O) groups excluding carboxylic acids is 1. The Balaban J connectivity index is 1.79. The van der Waals surface area contributed by atoms with Gasteiger partial charge in [0.25, 0.3) is 5.91 Å². The Hall–Kier alpha value is -2.85. The minimum absolute atomic E-state index is 0.148. The van der Waals surface area contributed by atoms with E-state index in [0.29, 0.717) is 35.5 Å². The van der Waals surface area contributed by atoms with Crippen LogP contribution in [0.2, 0.25) is 0 Å². The highest BCUT2D eigenvalue weighted by atomic mass is 32.2. The van der Waals surface area contributed by atoms with Crippen LogP contribution in [0, 0.1) is 11.3 Å². The third-order valence-electron chi connectivity index (χ3n) is 3.77. The fourth-order valence-corrected chi connectivity index (χ4v) is 4.12. The molecule has 7 heteroatoms. The second kappa shape index (κ2) is 6.34. The van der Waals surface area contributed by atoms with Crippen molar-refractivity contribution in [2.75, 3.05) is 21.9 Å². The Morgan fingerprint density at radius 3 is 2.54 bits per heavy atom. The van der Waals surface area contributed by atoms with Gasteiger partial charge in [-0.15, -0.1) is 0 Å². The van der Waals surface area contributed by atoms with Crippen LogP contribution in [-0.2, 0) is 10.0 Å². The summed E-state index contributed by atoms with van der Waals surface area (Å²) in [6, 6.07) is 15.0. The summed E-state index contributed by atoms with van der Waals surface area (Å²) in [7, 11) is -3.26. The summed E-state index contributed by atoms with van der Waals surface area (Å²) >= 11 is 0. The first-order valence-corrected chi connectivity index (χ1v) is 9.02. The summed E-state index contributed by atoms with van der Waals surface area (Å²) in [4.78, 5) is 12.2. The zero-order chi connectivity index (χ0) is 17.2. The molecule has 24 heavy (non-hydrogen) atoms. The van der Waals surface area contributed by atoms with Gasteiger partial charge in [-0.2, -0.15) is 5.26 Å². The predicted molar refractivity (Wildman–Crippen MR) is 91.3 cm³/mol. The van der Waals surface area contributed by atoms with Crippen LogP contribution >= 0.6 is 0 Å². The number of hydrogen-bond acceptors (Lipinski definition) is 4. The average molecular weight is 341 g/mol. The molecule has 3 rings (SSSR count). The number of carbonyl (C=O) groups is 1. The highest BCUT2D eigenvalue weighted by Gasteiger charge is 2.28. The van der Waals surface area contributed by atoms with E-state index >= 15 is 0 Å². The molecule has 1 aliphatic heterocycles. The van der Waals surface area contributed by atoms with Gasteiger partial charge in [-0.25, -0.2) is 8.42 Å². The smallest absolute Gasteiger partial charge is 0.255 e. The van der Waals surface area contributed by atoms with Gasteiger partial charge in [0, 0.05) is 17.8 Å². The van der Waals surface area contributed by atoms with Gasteiger partial charge in [0.15, 0.2) is 0 Å². The Kier molecular flexibility index (Phi) is 4.23. The summed E-state index contributed by atoms with van der Waals surface area (Å²) in [5.41, 5.74) is 1.97. The van der Waals surface area contributed by atoms with Crippen molar-refractivity contribution in [1.29, 1.82) is 5.26 Å². The van der Waals surface area contributed by atoms with Crippen LogP contribution in [0.5, 0.6) is 0 Å². The van der Waals surface area contributed by atoms with Gasteiger partial charge in [-0.1, -0.05) is 6.07 Å². The van der Waals surface area contributed by atoms with Crippen molar-refractivity contribution >= 4 is 27.3 Å². The number of benzene rings is 2. The maximum absolute atomic E-state index is 12.2. The summed E-state index contributed by atoms with van der Waals surface area (Å²) in [6.45, 7) is 0.454. The van der Waals surface area contributed by atoms with Crippen LogP contribution in [0.15, 0.2) is 48.5 Å². The molecule has 0 saturated carbocycles. The normalized spacial score (nSPS) is 15.7. The van der Waals surface area contributed by atoms with E-state index in [1.807, 2.05) is 6.07 Å². The van der Waals surface area contributed by atoms with E-state index in [2.05, 4.69) is 5.32 Å². The Labute approximate surface area is 140 Å². The molecule has 1 fully saturated rings. The second-order valence-corrected chi connectivity index (χ2v) is 7.45. The van der Waals surface area contributed by atoms with E-state index in [9.17, 15) is 13.2 Å². The second-order valence-electron chi connectivity index (χ2n) is 5.44. The minimum atomic E-state index is -3.26. The van der Waals surface area contributed by atoms with Gasteiger partial charge in [-0.05, 0) is 48.9 Å². The topological polar surface area (TPSA) is 90.3 Å². The molecule has 0 aliphatic carbocycles. The van der Waals surface area contributed by atoms with Crippen LogP contribution in [0.4, 0.5) is 11.4 Å². The molecule has 2 aromatic rings. The largest absolute Gasteiger partial charge is 0.322 e. The third-order valence-corrected chi connectivity index (χ3v) is 5.64. The number of nitrogens with one attached hydrogen (secondary N) is 1. The zero-order valence-electron chi connectivity index (χ0n) is 12.8. The number of anilines is 2. The van der Waals surface area contributed by atoms with Crippen molar-refractivity contribution < 1.29 is 13.2 Å². The maximum Gasteiger partial charge on any atom is 0.255 e. The van der Waals surface area contributed by atoms with Crippen molar-refractivity contribution in [3.05, 3.63) is 59.7 Å². The van der Waals surface area contributed by atoms with Gasteiger partial charge >= 0.3 is 0 Å². The molecule has 1 amide bonds. The van der Waals surface area contributed by atoms with Gasteiger partial charge in [0.2, 0.25) is 10.0 Å². The lowest BCUT2D eigenvalue weighted by Gasteiger charge is -2.17. The summed E-state index contributed by atoms with van der Waals surface area (Å²) in [6.07, 6.45) is 0.601. The predicted octanol–water partition coefficient (Wildman–Crippen LogP) is 2.35. The number of amides is 1. The van der Waals surface area contributed by atoms with Crippen LogP contribution in [0.25, 0.3) is 0 Å². The lowest BCUT2D eigenvalue weighted by molar-refractivity contribution is 0.102. The molecule has 1 aliphatic rings. The van der Waals surface area contributed by atoms with Crippen molar-refractivity contribution in [3.63, 3.8) is 0 Å². The number of sulfonamides is 1. The number of hydrogen-bond donors (Lipinski definition) is 1. The standard InChI is InChI=1S/C17H15N3O3S/c18-12-13-5-7-14(8-6-13)17(21)19-15-3-1-4-16(11-15)20-9-2-10-24(20,22)23/h1,3-8,11H,2,9-10H2,(H,19,21). The maximum atomic E-state index is 12.2. The first kappa shape index (κ1) is 16.0. The summed E-state index contributed by atoms with van der Waals surface area (Å²) < 4.78 is 25.3. The third kappa shape index (κ3) is 3.24. The molecule has 0 unspecified atom stereocenters. The first-order chi connectivity index (χ1) is 11.5. The first-order valence-electron chi connectivity index (χ1n) is 7.41. The van der Waals surface area contributed by atoms with Gasteiger partial charge < -0.3 is 5.32 Å². The lowest BCUT2D eigenvalue weighted by atomic mass is 10.1. The number of rotatable bonds is 3. The fraction of sp³-hybridized carbons (Fsp3) is 0.176. The van der Waals surface area contributed by atoms with Gasteiger partial charge in [0.05, 0.1) is 23.1 Å². The zero-order valence-corrected chi connectivity index (χ0v) is 13.6. The molecule has 6 nitrogen and oxygen atoms in total. The molecule has 1 N–H and O–H groups in total. The molecule has 1 heterocycles. The fourth-order valence-electron chi connectivity index (χ4n) is 2.57. The van der Waals surface area contributed by atoms with Crippen molar-refractivity contribution in [3.8, 4) is 6.07 Å². The van der Waals surface area contributed by atoms with Gasteiger partial charge in [-0.3, -0.25) is 9.10 Å². The quantitative estimate of drug-likeness (QED) is 0.928. The number of nitrogens with zero attached hydrogens (tertiary/aromatic N) is 2. The Bertz CT molecular complexity index is 915. The van der Waals surface area contributed by atoms with Crippen LogP contribution in [-0.4, -0.2) is 26.6 Å². The monoisotopic (exact) mass is 341 g/mol. The van der Waals surface area contributed by atoms with Crippen molar-refractivity contribution in [1.82, 2.24) is 0 Å². The highest BCUT2D eigenvalue weighted by molar-refractivity contribution is 7.93. The highest BCUT2D eigenvalue weighted by Crippen LogP contribution is 2.26. The molecule has 122 valence electrons. The van der Waals surface area contributed by atoms with E-state index in [4.69, 9.17) is 5.26 Å². The van der Waals surface area contributed by atoms with Crippen LogP contribution in [0.1, 0.15) is 22.3 Å². The molecule has 0 spiro atoms. The summed E-state index contributed by atoms with van der Waals surface area (Å²) in [5.74, 6) is -0.171. The van der Waals surface area contributed by atoms with E-state index in [1.54, 1.807) is 48.5 Å². The number of nitriles is 1. The Morgan fingerprint density at radius 1 is 1.17 bits per heavy atom. The lowest BCUT2D eigenvalue weighted by Crippen LogP contribution is -2.25. The summed E-state index contributed by atoms with van der Waals surface area (Å²) in [5, 5.41) is 11.5. The molecule has 0 aromatic heterocycles. The van der Waals surface area contributed by atoms with Crippen LogP contribution in [0.3, 0.4) is 0 Å². The van der Waals surface area contributed by atoms with Gasteiger partial charge in [0.1, 0.15) is 0 Å². The minimum Gasteiger partial charge on any atom is -0.322 e. The molecular formula is C17H15N3O3S. The van der Waals surface area contributed by atoms with Crippen molar-refractivity contribution in [2.45, 2.75) is 6.42 Å².